The van der Waals surface area contributed by atoms with Gasteiger partial charge in [0.05, 0.1) is 22.5 Å². The molecule has 0 spiro atoms. The Hall–Kier alpha value is -6.28. The monoisotopic (exact) mass is 996 g/mol. The van der Waals surface area contributed by atoms with Crippen molar-refractivity contribution in [2.24, 2.45) is 11.8 Å². The predicted octanol–water partition coefficient (Wildman–Crippen LogP) is 3.88. The number of ether oxygens (including phenoxy) is 4. The minimum absolute atomic E-state index is 0.0366. The number of aliphatic hydroxyl groups is 2. The number of carbonyl (C=O) groups is 6. The molecule has 8 aliphatic heterocycles. The Kier molecular flexibility index (Phi) is 13.4. The number of anilines is 2. The van der Waals surface area contributed by atoms with E-state index in [-0.39, 0.29) is 79.1 Å². The Balaban J connectivity index is 0.870. The highest BCUT2D eigenvalue weighted by Gasteiger charge is 2.44. The van der Waals surface area contributed by atoms with E-state index >= 15 is 0 Å². The van der Waals surface area contributed by atoms with Crippen molar-refractivity contribution >= 4 is 70.1 Å². The molecule has 4 amide bonds. The number of carbonyl (C=O) groups excluding carboxylic acids is 6. The number of esters is 2. The summed E-state index contributed by atoms with van der Waals surface area (Å²) in [6, 6.07) is 21.7. The van der Waals surface area contributed by atoms with E-state index in [0.29, 0.717) is 13.1 Å². The van der Waals surface area contributed by atoms with Crippen molar-refractivity contribution in [1.82, 2.24) is 20.4 Å². The molecule has 18 nitrogen and oxygen atoms in total. The number of aliphatic hydroxyl groups excluding tert-OH is 2. The van der Waals surface area contributed by atoms with Crippen LogP contribution in [0, 0.1) is 11.8 Å². The zero-order valence-corrected chi connectivity index (χ0v) is 39.2. The van der Waals surface area contributed by atoms with E-state index in [1.165, 1.54) is 34.1 Å². The Morgan fingerprint density at radius 3 is 1.27 bits per heavy atom. The molecule has 6 fully saturated rings. The number of benzene rings is 4. The fourth-order valence-corrected chi connectivity index (χ4v) is 10.8. The van der Waals surface area contributed by atoms with Crippen LogP contribution in [0.15, 0.2) is 84.9 Å². The summed E-state index contributed by atoms with van der Waals surface area (Å²) in [6.07, 6.45) is -4.81. The zero-order valence-electron chi connectivity index (χ0n) is 37.7. The number of fused-ring (bicyclic) bond motifs is 8. The molecule has 0 aromatic heterocycles. The average Bonchev–Trinajstić information content (AvgIpc) is 3.38. The van der Waals surface area contributed by atoms with E-state index < -0.39 is 73.4 Å². The van der Waals surface area contributed by atoms with Crippen LogP contribution in [-0.4, -0.2) is 145 Å². The second-order valence-electron chi connectivity index (χ2n) is 18.5. The van der Waals surface area contributed by atoms with E-state index in [1.807, 2.05) is 0 Å². The molecule has 366 valence electrons. The Bertz CT molecular complexity index is 2520. The lowest BCUT2D eigenvalue weighted by molar-refractivity contribution is -0.192. The molecule has 20 heteroatoms. The van der Waals surface area contributed by atoms with Gasteiger partial charge in [0.1, 0.15) is 13.1 Å². The van der Waals surface area contributed by atoms with Gasteiger partial charge >= 0.3 is 11.9 Å². The number of hydrogen-bond donors (Lipinski definition) is 4. The molecule has 4 N–H and O–H groups in total. The second-order valence-corrected chi connectivity index (χ2v) is 19.3. The van der Waals surface area contributed by atoms with E-state index in [4.69, 9.17) is 42.1 Å². The van der Waals surface area contributed by atoms with Crippen LogP contribution in [-0.2, 0) is 19.1 Å². The minimum atomic E-state index is -2.58. The van der Waals surface area contributed by atoms with Crippen LogP contribution in [0.2, 0.25) is 10.0 Å². The van der Waals surface area contributed by atoms with Gasteiger partial charge in [0.15, 0.2) is 23.7 Å². The van der Waals surface area contributed by atoms with Crippen molar-refractivity contribution in [2.75, 3.05) is 62.2 Å². The molecule has 0 aliphatic carbocycles. The summed E-state index contributed by atoms with van der Waals surface area (Å²) in [5.41, 5.74) is 0.660. The first kappa shape index (κ1) is 47.4. The van der Waals surface area contributed by atoms with Crippen LogP contribution in [0.1, 0.15) is 67.1 Å². The van der Waals surface area contributed by atoms with Gasteiger partial charge in [0.25, 0.3) is 36.2 Å². The zero-order chi connectivity index (χ0) is 48.8. The lowest BCUT2D eigenvalue weighted by atomic mass is 9.84. The third-order valence-corrected chi connectivity index (χ3v) is 14.5. The van der Waals surface area contributed by atoms with Gasteiger partial charge in [-0.1, -0.05) is 59.6 Å². The largest absolute Gasteiger partial charge is 0.450 e. The molecule has 6 atom stereocenters. The summed E-state index contributed by atoms with van der Waals surface area (Å²) >= 11 is 13.1. The predicted molar refractivity (Wildman–Crippen MR) is 253 cm³/mol. The van der Waals surface area contributed by atoms with Gasteiger partial charge in [0.2, 0.25) is 0 Å². The van der Waals surface area contributed by atoms with Crippen molar-refractivity contribution < 1.29 is 57.9 Å². The molecule has 4 aromatic rings. The fourth-order valence-electron chi connectivity index (χ4n) is 10.4. The molecule has 0 radical (unpaired) electrons. The molecular formula is C50H50Cl2N6O12. The average molecular weight is 998 g/mol. The van der Waals surface area contributed by atoms with Crippen molar-refractivity contribution in [3.8, 4) is 11.5 Å². The van der Waals surface area contributed by atoms with Crippen molar-refractivity contribution in [2.45, 2.75) is 62.6 Å². The lowest BCUT2D eigenvalue weighted by Crippen LogP contribution is -2.57. The molecule has 4 aromatic carbocycles. The van der Waals surface area contributed by atoms with Crippen molar-refractivity contribution in [3.63, 3.8) is 0 Å². The summed E-state index contributed by atoms with van der Waals surface area (Å²) in [4.78, 5) is 90.6. The maximum Gasteiger partial charge on any atom is 0.341 e. The van der Waals surface area contributed by atoms with E-state index in [1.54, 1.807) is 60.7 Å². The second kappa shape index (κ2) is 19.8. The van der Waals surface area contributed by atoms with Crippen LogP contribution in [0.5, 0.6) is 11.5 Å². The molecule has 12 rings (SSSR count). The summed E-state index contributed by atoms with van der Waals surface area (Å²) in [5, 5.41) is 28.8. The molecule has 0 saturated carbocycles. The van der Waals surface area contributed by atoms with Gasteiger partial charge in [-0.05, 0) is 112 Å². The minimum Gasteiger partial charge on any atom is -0.450 e. The van der Waals surface area contributed by atoms with E-state index in [2.05, 4.69) is 20.4 Å². The van der Waals surface area contributed by atoms with E-state index in [9.17, 15) is 39.0 Å². The summed E-state index contributed by atoms with van der Waals surface area (Å²) in [7, 11) is 0. The number of amides is 4. The van der Waals surface area contributed by atoms with Crippen LogP contribution in [0.4, 0.5) is 11.4 Å². The highest BCUT2D eigenvalue weighted by atomic mass is 35.5. The maximum absolute atomic E-state index is 14.1. The first-order valence-electron chi connectivity index (χ1n) is 23.4. The molecule has 8 heterocycles. The standard InChI is InChI=1S/C50H50Cl2N6O12/c51-31-19-33(45(61)53-35-23-55-15-11-27(35)12-16-55)43-37(21-31)57(47(63)29-7-3-1-4-8-29)25-39(67-43)69-49(65)41(59)42(60)50(66)70-40-26-58(48(64)30-9-5-2-6-10-30)38-22-32(52)20-34(44(38)68-40)46(62)54-36-24-56-17-13-28(36)14-18-56/h1-10,19-22,27-28,35-36,39-42,59-60H,11-18,23-26H2,(H,53,61)(H,54,62). The quantitative estimate of drug-likeness (QED) is 0.157. The normalized spacial score (nSPS) is 26.0. The van der Waals surface area contributed by atoms with Crippen LogP contribution in [0.3, 0.4) is 0 Å². The van der Waals surface area contributed by atoms with Crippen LogP contribution in [0.25, 0.3) is 0 Å². The number of halogens is 2. The number of nitrogens with one attached hydrogen (secondary N) is 2. The van der Waals surface area contributed by atoms with Gasteiger partial charge in [-0.15, -0.1) is 0 Å². The summed E-state index contributed by atoms with van der Waals surface area (Å²) in [5.74, 6) is -4.99. The smallest absolute Gasteiger partial charge is 0.341 e. The van der Waals surface area contributed by atoms with Gasteiger partial charge in [-0.2, -0.15) is 0 Å². The summed E-state index contributed by atoms with van der Waals surface area (Å²) in [6.45, 7) is 4.20. The van der Waals surface area contributed by atoms with Crippen LogP contribution >= 0.6 is 23.2 Å². The van der Waals surface area contributed by atoms with Crippen molar-refractivity contribution in [1.29, 1.82) is 0 Å². The summed E-state index contributed by atoms with van der Waals surface area (Å²) < 4.78 is 23.3. The first-order chi connectivity index (χ1) is 33.8. The Morgan fingerprint density at radius 2 is 0.929 bits per heavy atom. The van der Waals surface area contributed by atoms with Gasteiger partial charge in [0, 0.05) is 46.3 Å². The number of piperidine rings is 6. The third kappa shape index (κ3) is 9.63. The van der Waals surface area contributed by atoms with Gasteiger partial charge in [-0.25, -0.2) is 9.59 Å². The van der Waals surface area contributed by atoms with Crippen LogP contribution < -0.4 is 29.9 Å². The molecule has 4 bridgehead atoms. The fraction of sp³-hybridized carbons (Fsp3) is 0.400. The van der Waals surface area contributed by atoms with Crippen molar-refractivity contribution in [3.05, 3.63) is 117 Å². The Morgan fingerprint density at radius 1 is 0.557 bits per heavy atom. The first-order valence-corrected chi connectivity index (χ1v) is 24.1. The number of nitrogens with zero attached hydrogens (tertiary/aromatic N) is 4. The number of hydrogen-bond acceptors (Lipinski definition) is 14. The lowest BCUT2D eigenvalue weighted by Gasteiger charge is -2.45. The SMILES string of the molecule is O=C(NC1CN2CCC1CC2)c1cc(Cl)cc2c1OC(OC(=O)C(O)C(O)C(=O)OC1CN(C(=O)c3ccccc3)c3cc(Cl)cc(C(=O)NC4CN5CCC4CC5)c3O1)CN2C(=O)c1ccccc1. The van der Waals surface area contributed by atoms with E-state index in [0.717, 1.165) is 51.9 Å². The van der Waals surface area contributed by atoms with Gasteiger partial charge in [-0.3, -0.25) is 29.0 Å². The molecule has 6 saturated heterocycles. The topological polar surface area (TPSA) is 217 Å². The highest BCUT2D eigenvalue weighted by molar-refractivity contribution is 6.32. The third-order valence-electron chi connectivity index (χ3n) is 14.1. The highest BCUT2D eigenvalue weighted by Crippen LogP contribution is 2.43. The molecular weight excluding hydrogens is 947 g/mol. The molecule has 8 aliphatic rings. The molecule has 70 heavy (non-hydrogen) atoms. The number of rotatable bonds is 11. The van der Waals surface area contributed by atoms with Gasteiger partial charge < -0.3 is 49.6 Å². The molecule has 6 unspecified atom stereocenters. The Labute approximate surface area is 412 Å². The maximum atomic E-state index is 14.1.